The number of anilines is 1. The maximum Gasteiger partial charge on any atom is 0.339 e. The van der Waals surface area contributed by atoms with Gasteiger partial charge in [-0.25, -0.2) is 14.6 Å². The fourth-order valence-corrected chi connectivity index (χ4v) is 4.78. The first-order valence-electron chi connectivity index (χ1n) is 14.8. The number of esters is 2. The van der Waals surface area contributed by atoms with Crippen LogP contribution in [0, 0.1) is 6.92 Å². The number of ether oxygens (including phenoxy) is 3. The van der Waals surface area contributed by atoms with E-state index < -0.39 is 24.5 Å². The van der Waals surface area contributed by atoms with Crippen LogP contribution in [0.1, 0.15) is 51.6 Å². The van der Waals surface area contributed by atoms with E-state index >= 15 is 0 Å². The minimum Gasteiger partial charge on any atom is -0.489 e. The Kier molecular flexibility index (Phi) is 10.2. The number of rotatable bonds is 12. The van der Waals surface area contributed by atoms with Crippen molar-refractivity contribution in [1.82, 2.24) is 4.98 Å². The zero-order valence-corrected chi connectivity index (χ0v) is 25.2. The van der Waals surface area contributed by atoms with E-state index in [4.69, 9.17) is 19.2 Å². The van der Waals surface area contributed by atoms with Crippen molar-refractivity contribution in [2.75, 3.05) is 18.5 Å². The Morgan fingerprint density at radius 1 is 0.778 bits per heavy atom. The summed E-state index contributed by atoms with van der Waals surface area (Å²) >= 11 is 0. The minimum absolute atomic E-state index is 0.346. The first-order chi connectivity index (χ1) is 21.9. The molecule has 0 atom stereocenters. The molecule has 0 bridgehead atoms. The Morgan fingerprint density at radius 2 is 1.49 bits per heavy atom. The zero-order chi connectivity index (χ0) is 31.6. The van der Waals surface area contributed by atoms with E-state index in [2.05, 4.69) is 5.32 Å². The summed E-state index contributed by atoms with van der Waals surface area (Å²) in [4.78, 5) is 43.0. The molecular weight excluding hydrogens is 568 g/mol. The van der Waals surface area contributed by atoms with E-state index in [1.807, 2.05) is 92.7 Å². The average molecular weight is 603 g/mol. The number of carbonyl (C=O) groups excluding carboxylic acids is 3. The highest BCUT2D eigenvalue weighted by atomic mass is 16.5. The molecule has 1 heterocycles. The molecule has 0 aliphatic heterocycles. The lowest BCUT2D eigenvalue weighted by Crippen LogP contribution is -2.21. The number of carbonyl (C=O) groups is 3. The molecule has 4 aromatic carbocycles. The number of aromatic nitrogens is 1. The first-order valence-corrected chi connectivity index (χ1v) is 14.8. The van der Waals surface area contributed by atoms with Crippen LogP contribution in [0.5, 0.6) is 5.75 Å². The standard InChI is InChI=1S/C37H34N2O6/c1-3-4-22-43-36(41)28-14-18-29(19-15-28)38-33(40)24-45-37(42)34-25(2)35(39-32-13-9-8-12-31(32)34)27-16-20-30(21-17-27)44-23-26-10-6-5-7-11-26/h5-21H,3-4,22-24H2,1-2H3,(H,38,40). The van der Waals surface area contributed by atoms with E-state index in [9.17, 15) is 14.4 Å². The Balaban J connectivity index is 1.26. The molecule has 5 rings (SSSR count). The van der Waals surface area contributed by atoms with Crippen molar-refractivity contribution >= 4 is 34.4 Å². The van der Waals surface area contributed by atoms with Crippen molar-refractivity contribution in [3.05, 3.63) is 125 Å². The second-order valence-corrected chi connectivity index (χ2v) is 10.5. The quantitative estimate of drug-likeness (QED) is 0.116. The van der Waals surface area contributed by atoms with Crippen LogP contribution < -0.4 is 10.1 Å². The minimum atomic E-state index is -0.629. The summed E-state index contributed by atoms with van der Waals surface area (Å²) in [6, 6.07) is 31.2. The van der Waals surface area contributed by atoms with Gasteiger partial charge in [-0.15, -0.1) is 0 Å². The van der Waals surface area contributed by atoms with E-state index in [-0.39, 0.29) is 0 Å². The molecule has 1 N–H and O–H groups in total. The van der Waals surface area contributed by atoms with Gasteiger partial charge in [0.2, 0.25) is 0 Å². The smallest absolute Gasteiger partial charge is 0.339 e. The van der Waals surface area contributed by atoms with Crippen LogP contribution >= 0.6 is 0 Å². The summed E-state index contributed by atoms with van der Waals surface area (Å²) < 4.78 is 16.6. The van der Waals surface area contributed by atoms with Crippen molar-refractivity contribution in [1.29, 1.82) is 0 Å². The van der Waals surface area contributed by atoms with Gasteiger partial charge in [0.05, 0.1) is 28.9 Å². The summed E-state index contributed by atoms with van der Waals surface area (Å²) in [5, 5.41) is 3.32. The predicted molar refractivity (Wildman–Crippen MR) is 173 cm³/mol. The fourth-order valence-electron chi connectivity index (χ4n) is 4.78. The lowest BCUT2D eigenvalue weighted by atomic mass is 9.97. The molecule has 8 nitrogen and oxygen atoms in total. The summed E-state index contributed by atoms with van der Waals surface area (Å²) in [6.07, 6.45) is 1.73. The maximum atomic E-state index is 13.4. The number of amides is 1. The highest BCUT2D eigenvalue weighted by Gasteiger charge is 2.21. The first kappa shape index (κ1) is 30.9. The van der Waals surface area contributed by atoms with Crippen LogP contribution in [-0.2, 0) is 20.9 Å². The molecule has 0 spiro atoms. The highest BCUT2D eigenvalue weighted by molar-refractivity contribution is 6.07. The molecule has 5 aromatic rings. The average Bonchev–Trinajstić information content (AvgIpc) is 3.07. The number of hydrogen-bond acceptors (Lipinski definition) is 7. The van der Waals surface area contributed by atoms with Gasteiger partial charge in [-0.2, -0.15) is 0 Å². The molecule has 0 aliphatic rings. The predicted octanol–water partition coefficient (Wildman–Crippen LogP) is 7.54. The Bertz CT molecular complexity index is 1780. The van der Waals surface area contributed by atoms with Gasteiger partial charge in [0.15, 0.2) is 6.61 Å². The van der Waals surface area contributed by atoms with Gasteiger partial charge in [0.25, 0.3) is 5.91 Å². The molecule has 228 valence electrons. The molecule has 8 heteroatoms. The van der Waals surface area contributed by atoms with E-state index in [1.54, 1.807) is 24.3 Å². The molecule has 1 aromatic heterocycles. The molecule has 0 fully saturated rings. The van der Waals surface area contributed by atoms with Crippen molar-refractivity contribution in [3.63, 3.8) is 0 Å². The molecule has 0 saturated heterocycles. The van der Waals surface area contributed by atoms with E-state index in [1.165, 1.54) is 0 Å². The summed E-state index contributed by atoms with van der Waals surface area (Å²) in [7, 11) is 0. The monoisotopic (exact) mass is 602 g/mol. The zero-order valence-electron chi connectivity index (χ0n) is 25.2. The van der Waals surface area contributed by atoms with Crippen molar-refractivity contribution in [2.45, 2.75) is 33.3 Å². The SMILES string of the molecule is CCCCOC(=O)c1ccc(NC(=O)COC(=O)c2c(C)c(-c3ccc(OCc4ccccc4)cc3)nc3ccccc23)cc1. The molecule has 0 unspecified atom stereocenters. The number of nitrogens with zero attached hydrogens (tertiary/aromatic N) is 1. The topological polar surface area (TPSA) is 104 Å². The Hall–Kier alpha value is -5.50. The van der Waals surface area contributed by atoms with Gasteiger partial charge in [0, 0.05) is 16.6 Å². The number of fused-ring (bicyclic) bond motifs is 1. The Labute approximate surface area is 262 Å². The van der Waals surface area contributed by atoms with Crippen LogP contribution in [0.25, 0.3) is 22.2 Å². The molecule has 45 heavy (non-hydrogen) atoms. The lowest BCUT2D eigenvalue weighted by Gasteiger charge is -2.15. The number of benzene rings is 4. The van der Waals surface area contributed by atoms with Gasteiger partial charge in [0.1, 0.15) is 12.4 Å². The third-order valence-electron chi connectivity index (χ3n) is 7.19. The van der Waals surface area contributed by atoms with Gasteiger partial charge < -0.3 is 19.5 Å². The van der Waals surface area contributed by atoms with Crippen molar-refractivity contribution in [3.8, 4) is 17.0 Å². The molecule has 1 amide bonds. The molecule has 0 radical (unpaired) electrons. The van der Waals surface area contributed by atoms with Crippen LogP contribution in [0.15, 0.2) is 103 Å². The number of para-hydroxylation sites is 1. The maximum absolute atomic E-state index is 13.4. The largest absolute Gasteiger partial charge is 0.489 e. The van der Waals surface area contributed by atoms with Gasteiger partial charge in [-0.05, 0) is 79.1 Å². The highest BCUT2D eigenvalue weighted by Crippen LogP contribution is 2.31. The second kappa shape index (κ2) is 14.8. The molecule has 0 saturated carbocycles. The van der Waals surface area contributed by atoms with Gasteiger partial charge in [-0.3, -0.25) is 4.79 Å². The van der Waals surface area contributed by atoms with Crippen LogP contribution in [0.2, 0.25) is 0 Å². The van der Waals surface area contributed by atoms with E-state index in [0.29, 0.717) is 57.9 Å². The van der Waals surface area contributed by atoms with Crippen LogP contribution in [0.3, 0.4) is 0 Å². The van der Waals surface area contributed by atoms with Gasteiger partial charge >= 0.3 is 11.9 Å². The number of hydrogen-bond donors (Lipinski definition) is 1. The normalized spacial score (nSPS) is 10.7. The summed E-state index contributed by atoms with van der Waals surface area (Å²) in [5.74, 6) is -0.838. The number of unbranched alkanes of at least 4 members (excludes halogenated alkanes) is 1. The van der Waals surface area contributed by atoms with Crippen LogP contribution in [-0.4, -0.2) is 36.0 Å². The molecule has 0 aliphatic carbocycles. The number of nitrogens with one attached hydrogen (secondary N) is 1. The lowest BCUT2D eigenvalue weighted by molar-refractivity contribution is -0.119. The van der Waals surface area contributed by atoms with Crippen molar-refractivity contribution < 1.29 is 28.6 Å². The summed E-state index contributed by atoms with van der Waals surface area (Å²) in [6.45, 7) is 4.17. The number of pyridine rings is 1. The van der Waals surface area contributed by atoms with Crippen molar-refractivity contribution in [2.24, 2.45) is 0 Å². The Morgan fingerprint density at radius 3 is 2.22 bits per heavy atom. The van der Waals surface area contributed by atoms with E-state index in [0.717, 1.165) is 24.0 Å². The summed E-state index contributed by atoms with van der Waals surface area (Å²) in [5.41, 5.74) is 4.99. The second-order valence-electron chi connectivity index (χ2n) is 10.5. The van der Waals surface area contributed by atoms with Gasteiger partial charge in [-0.1, -0.05) is 61.9 Å². The fraction of sp³-hybridized carbons (Fsp3) is 0.189. The molecular formula is C37H34N2O6. The third kappa shape index (κ3) is 7.92. The van der Waals surface area contributed by atoms with Crippen LogP contribution in [0.4, 0.5) is 5.69 Å². The third-order valence-corrected chi connectivity index (χ3v) is 7.19.